The second-order valence-corrected chi connectivity index (χ2v) is 12.2. The van der Waals surface area contributed by atoms with Crippen molar-refractivity contribution >= 4 is 34.3 Å². The molecular weight excluding hydrogens is 532 g/mol. The molecule has 0 atom stereocenters. The number of nitrogens with one attached hydrogen (secondary N) is 2. The normalized spacial score (nSPS) is 16.9. The van der Waals surface area contributed by atoms with Crippen molar-refractivity contribution in [2.24, 2.45) is 0 Å². The third-order valence-corrected chi connectivity index (χ3v) is 8.41. The molecule has 2 N–H and O–H groups in total. The topological polar surface area (TPSA) is 100 Å². The maximum absolute atomic E-state index is 12.5. The van der Waals surface area contributed by atoms with E-state index in [2.05, 4.69) is 32.6 Å². The molecule has 228 valence electrons. The second kappa shape index (κ2) is 13.2. The van der Waals surface area contributed by atoms with Crippen LogP contribution in [0.25, 0.3) is 16.3 Å². The molecule has 3 aromatic rings. The van der Waals surface area contributed by atoms with E-state index >= 15 is 0 Å². The van der Waals surface area contributed by atoms with Crippen LogP contribution >= 0.6 is 0 Å². The Morgan fingerprint density at radius 1 is 0.857 bits per heavy atom. The van der Waals surface area contributed by atoms with Crippen molar-refractivity contribution < 1.29 is 19.1 Å². The quantitative estimate of drug-likeness (QED) is 0.363. The van der Waals surface area contributed by atoms with Crippen LogP contribution in [-0.2, 0) is 22.7 Å². The van der Waals surface area contributed by atoms with Crippen molar-refractivity contribution in [1.29, 1.82) is 0 Å². The third-order valence-electron chi connectivity index (χ3n) is 8.41. The van der Waals surface area contributed by atoms with Crippen LogP contribution in [0, 0.1) is 6.92 Å². The van der Waals surface area contributed by atoms with E-state index in [9.17, 15) is 9.59 Å². The van der Waals surface area contributed by atoms with Gasteiger partial charge < -0.3 is 29.9 Å². The molecule has 2 saturated heterocycles. The molecule has 4 heterocycles. The zero-order valence-corrected chi connectivity index (χ0v) is 25.7. The predicted octanol–water partition coefficient (Wildman–Crippen LogP) is 5.52. The van der Waals surface area contributed by atoms with Gasteiger partial charge >= 0.3 is 12.2 Å². The van der Waals surface area contributed by atoms with E-state index in [1.807, 2.05) is 51.3 Å². The first-order chi connectivity index (χ1) is 20.2. The lowest BCUT2D eigenvalue weighted by molar-refractivity contribution is 0.129. The molecule has 0 radical (unpaired) electrons. The van der Waals surface area contributed by atoms with Gasteiger partial charge in [-0.1, -0.05) is 30.7 Å². The minimum atomic E-state index is -0.489. The van der Waals surface area contributed by atoms with Crippen LogP contribution in [0.15, 0.2) is 24.3 Å². The summed E-state index contributed by atoms with van der Waals surface area (Å²) in [5, 5.41) is 12.9. The summed E-state index contributed by atoms with van der Waals surface area (Å²) in [5.74, 6) is 0.961. The fourth-order valence-electron chi connectivity index (χ4n) is 6.36. The van der Waals surface area contributed by atoms with Crippen molar-refractivity contribution in [3.63, 3.8) is 0 Å². The van der Waals surface area contributed by atoms with Gasteiger partial charge in [0, 0.05) is 58.8 Å². The van der Waals surface area contributed by atoms with Crippen LogP contribution in [0.3, 0.4) is 0 Å². The number of carbonyl (C=O) groups excluding carboxylic acids is 2. The van der Waals surface area contributed by atoms with E-state index < -0.39 is 12.2 Å². The van der Waals surface area contributed by atoms with Gasteiger partial charge in [0.05, 0.1) is 5.52 Å². The molecule has 0 saturated carbocycles. The van der Waals surface area contributed by atoms with Gasteiger partial charge in [0.15, 0.2) is 5.82 Å². The zero-order valence-electron chi connectivity index (χ0n) is 25.7. The number of fused-ring (bicyclic) bond motifs is 3. The lowest BCUT2D eigenvalue weighted by Crippen LogP contribution is -2.47. The fourth-order valence-corrected chi connectivity index (χ4v) is 6.36. The van der Waals surface area contributed by atoms with Crippen LogP contribution in [0.5, 0.6) is 0 Å². The summed E-state index contributed by atoms with van der Waals surface area (Å²) >= 11 is 0. The van der Waals surface area contributed by atoms with E-state index in [1.165, 1.54) is 32.4 Å². The van der Waals surface area contributed by atoms with Crippen molar-refractivity contribution in [2.45, 2.75) is 98.1 Å². The second-order valence-electron chi connectivity index (χ2n) is 12.2. The standard InChI is InChI=1S/C32H46N6O4/c1-21(2)33-31(39)41-19-27-23(5)38-29(28(27)20-42-32(40)34-22(3)4)25-11-7-8-12-26(25)30(35-38)37-17-13-24(14-18-37)36-15-9-6-10-16-36/h7-8,11-12,21-22,24H,6,9-10,13-20H2,1-5H3,(H,33,39)(H,34,40). The first kappa shape index (κ1) is 29.9. The highest BCUT2D eigenvalue weighted by atomic mass is 16.6. The van der Waals surface area contributed by atoms with Crippen molar-refractivity contribution in [3.8, 4) is 0 Å². The highest BCUT2D eigenvalue weighted by molar-refractivity contribution is 6.03. The molecule has 2 aliphatic heterocycles. The van der Waals surface area contributed by atoms with E-state index in [4.69, 9.17) is 14.6 Å². The average Bonchev–Trinajstić information content (AvgIpc) is 3.24. The number of amides is 2. The summed E-state index contributed by atoms with van der Waals surface area (Å²) < 4.78 is 13.3. The number of alkyl carbamates (subject to hydrolysis) is 2. The number of nitrogens with zero attached hydrogens (tertiary/aromatic N) is 4. The van der Waals surface area contributed by atoms with Crippen LogP contribution in [0.2, 0.25) is 0 Å². The van der Waals surface area contributed by atoms with Crippen molar-refractivity contribution in [1.82, 2.24) is 25.1 Å². The van der Waals surface area contributed by atoms with Gasteiger partial charge in [0.25, 0.3) is 0 Å². The number of carbonyl (C=O) groups is 2. The lowest BCUT2D eigenvalue weighted by atomic mass is 9.99. The average molecular weight is 579 g/mol. The number of aromatic nitrogens is 2. The Morgan fingerprint density at radius 3 is 2.02 bits per heavy atom. The fraction of sp³-hybridized carbons (Fsp3) is 0.594. The molecule has 0 aliphatic carbocycles. The molecule has 10 nitrogen and oxygen atoms in total. The molecule has 42 heavy (non-hydrogen) atoms. The third kappa shape index (κ3) is 6.59. The highest BCUT2D eigenvalue weighted by Crippen LogP contribution is 2.36. The first-order valence-electron chi connectivity index (χ1n) is 15.5. The smallest absolute Gasteiger partial charge is 0.407 e. The van der Waals surface area contributed by atoms with Crippen molar-refractivity contribution in [3.05, 3.63) is 41.1 Å². The molecule has 10 heteroatoms. The largest absolute Gasteiger partial charge is 0.445 e. The summed E-state index contributed by atoms with van der Waals surface area (Å²) in [6.07, 6.45) is 5.26. The molecule has 0 spiro atoms. The number of ether oxygens (including phenoxy) is 2. The number of likely N-dealkylation sites (tertiary alicyclic amines) is 1. The minimum Gasteiger partial charge on any atom is -0.445 e. The molecule has 0 bridgehead atoms. The number of aryl methyl sites for hydroxylation is 1. The molecule has 2 aromatic heterocycles. The summed E-state index contributed by atoms with van der Waals surface area (Å²) in [4.78, 5) is 30.0. The number of anilines is 1. The van der Waals surface area contributed by atoms with Gasteiger partial charge in [-0.15, -0.1) is 5.10 Å². The van der Waals surface area contributed by atoms with Crippen LogP contribution in [0.4, 0.5) is 15.4 Å². The van der Waals surface area contributed by atoms with E-state index in [0.717, 1.165) is 64.9 Å². The minimum absolute atomic E-state index is 0.0344. The molecule has 2 aliphatic rings. The number of rotatable bonds is 8. The zero-order chi connectivity index (χ0) is 29.8. The Hall–Kier alpha value is -3.53. The molecule has 2 amide bonds. The van der Waals surface area contributed by atoms with Crippen molar-refractivity contribution in [2.75, 3.05) is 31.1 Å². The maximum atomic E-state index is 12.5. The Labute approximate surface area is 248 Å². The summed E-state index contributed by atoms with van der Waals surface area (Å²) in [5.41, 5.74) is 3.32. The number of benzene rings is 1. The van der Waals surface area contributed by atoms with Gasteiger partial charge in [-0.05, 0) is 73.4 Å². The Kier molecular flexibility index (Phi) is 9.40. The number of piperidine rings is 2. The maximum Gasteiger partial charge on any atom is 0.407 e. The van der Waals surface area contributed by atoms with Gasteiger partial charge in [-0.2, -0.15) is 0 Å². The van der Waals surface area contributed by atoms with Crippen LogP contribution in [-0.4, -0.2) is 71.0 Å². The molecular formula is C32H46N6O4. The predicted molar refractivity (Wildman–Crippen MR) is 165 cm³/mol. The van der Waals surface area contributed by atoms with Gasteiger partial charge in [0.1, 0.15) is 13.2 Å². The van der Waals surface area contributed by atoms with Crippen LogP contribution in [0.1, 0.15) is 76.6 Å². The van der Waals surface area contributed by atoms with E-state index in [0.29, 0.717) is 6.04 Å². The Morgan fingerprint density at radius 2 is 1.43 bits per heavy atom. The van der Waals surface area contributed by atoms with Gasteiger partial charge in [0.2, 0.25) is 0 Å². The van der Waals surface area contributed by atoms with Gasteiger partial charge in [-0.3, -0.25) is 0 Å². The monoisotopic (exact) mass is 578 g/mol. The summed E-state index contributed by atoms with van der Waals surface area (Å²) in [7, 11) is 0. The van der Waals surface area contributed by atoms with E-state index in [1.54, 1.807) is 0 Å². The highest BCUT2D eigenvalue weighted by Gasteiger charge is 2.29. The Balaban J connectivity index is 1.51. The lowest BCUT2D eigenvalue weighted by Gasteiger charge is -2.40. The summed E-state index contributed by atoms with van der Waals surface area (Å²) in [6, 6.07) is 8.86. The first-order valence-corrected chi connectivity index (χ1v) is 15.5. The SMILES string of the molecule is Cc1c(COC(=O)NC(C)C)c(COC(=O)NC(C)C)c2c3ccccc3c(N3CCC(N4CCCCC4)CC3)nn12. The van der Waals surface area contributed by atoms with Crippen LogP contribution < -0.4 is 15.5 Å². The van der Waals surface area contributed by atoms with Gasteiger partial charge in [-0.25, -0.2) is 14.1 Å². The van der Waals surface area contributed by atoms with E-state index in [-0.39, 0.29) is 25.3 Å². The molecule has 2 fully saturated rings. The number of hydrogen-bond donors (Lipinski definition) is 2. The molecule has 1 aromatic carbocycles. The Bertz CT molecular complexity index is 1400. The summed E-state index contributed by atoms with van der Waals surface area (Å²) in [6.45, 7) is 14.0. The molecule has 0 unspecified atom stereocenters. The number of hydrogen-bond acceptors (Lipinski definition) is 7. The molecule has 5 rings (SSSR count).